The lowest BCUT2D eigenvalue weighted by atomic mass is 10.0. The Morgan fingerprint density at radius 2 is 0.581 bits per heavy atom. The monoisotopic (exact) mass is 873 g/mol. The van der Waals surface area contributed by atoms with E-state index in [1.807, 2.05) is 0 Å². The number of hydrogen-bond donors (Lipinski definition) is 0. The molecule has 0 heterocycles. The van der Waals surface area contributed by atoms with Crippen molar-refractivity contribution in [1.29, 1.82) is 0 Å². The fraction of sp³-hybridized carbons (Fsp3) is 0.875. The van der Waals surface area contributed by atoms with Crippen molar-refractivity contribution in [2.24, 2.45) is 0 Å². The van der Waals surface area contributed by atoms with Gasteiger partial charge in [-0.05, 0) is 51.4 Å². The molecule has 0 aromatic rings. The van der Waals surface area contributed by atoms with E-state index < -0.39 is 6.10 Å². The van der Waals surface area contributed by atoms with Crippen LogP contribution in [0.25, 0.3) is 0 Å². The molecule has 0 spiro atoms. The van der Waals surface area contributed by atoms with Crippen LogP contribution in [0.3, 0.4) is 0 Å². The van der Waals surface area contributed by atoms with Crippen LogP contribution in [0.5, 0.6) is 0 Å². The van der Waals surface area contributed by atoms with Crippen molar-refractivity contribution in [3.63, 3.8) is 0 Å². The van der Waals surface area contributed by atoms with Crippen LogP contribution in [0.15, 0.2) is 24.3 Å². The Morgan fingerprint density at radius 3 is 0.919 bits per heavy atom. The van der Waals surface area contributed by atoms with Crippen LogP contribution < -0.4 is 0 Å². The molecule has 0 aromatic heterocycles. The van der Waals surface area contributed by atoms with Gasteiger partial charge >= 0.3 is 17.9 Å². The number of allylic oxidation sites excluding steroid dienone is 4. The summed E-state index contributed by atoms with van der Waals surface area (Å²) in [4.78, 5) is 38.0. The second-order valence-electron chi connectivity index (χ2n) is 18.5. The summed E-state index contributed by atoms with van der Waals surface area (Å²) in [6.07, 6.45) is 58.7. The van der Waals surface area contributed by atoms with Gasteiger partial charge in [-0.3, -0.25) is 14.4 Å². The van der Waals surface area contributed by atoms with E-state index in [4.69, 9.17) is 14.2 Å². The number of esters is 3. The molecule has 6 nitrogen and oxygen atoms in total. The van der Waals surface area contributed by atoms with Gasteiger partial charge in [-0.1, -0.05) is 251 Å². The van der Waals surface area contributed by atoms with Gasteiger partial charge in [0, 0.05) is 19.3 Å². The Balaban J connectivity index is 4.35. The Bertz CT molecular complexity index is 1000. The summed E-state index contributed by atoms with van der Waals surface area (Å²) in [7, 11) is 0. The fourth-order valence-electron chi connectivity index (χ4n) is 8.06. The third-order valence-corrected chi connectivity index (χ3v) is 12.2. The predicted octanol–water partition coefficient (Wildman–Crippen LogP) is 17.9. The smallest absolute Gasteiger partial charge is 0.306 e. The van der Waals surface area contributed by atoms with Crippen LogP contribution in [0.4, 0.5) is 0 Å². The van der Waals surface area contributed by atoms with Crippen LogP contribution in [-0.2, 0) is 28.6 Å². The second kappa shape index (κ2) is 51.5. The highest BCUT2D eigenvalue weighted by molar-refractivity contribution is 5.71. The summed E-state index contributed by atoms with van der Waals surface area (Å²) in [5.74, 6) is -0.866. The van der Waals surface area contributed by atoms with Gasteiger partial charge in [-0.2, -0.15) is 0 Å². The zero-order valence-electron chi connectivity index (χ0n) is 41.7. The first kappa shape index (κ1) is 59.9. The van der Waals surface area contributed by atoms with Gasteiger partial charge in [0.1, 0.15) is 13.2 Å². The highest BCUT2D eigenvalue weighted by Gasteiger charge is 2.19. The van der Waals surface area contributed by atoms with Crippen molar-refractivity contribution in [1.82, 2.24) is 0 Å². The van der Waals surface area contributed by atoms with Crippen LogP contribution in [0.1, 0.15) is 297 Å². The van der Waals surface area contributed by atoms with Gasteiger partial charge < -0.3 is 14.2 Å². The Kier molecular flexibility index (Phi) is 49.8. The van der Waals surface area contributed by atoms with Crippen LogP contribution >= 0.6 is 0 Å². The normalized spacial score (nSPS) is 12.1. The largest absolute Gasteiger partial charge is 0.462 e. The molecule has 0 N–H and O–H groups in total. The minimum atomic E-state index is -0.771. The van der Waals surface area contributed by atoms with Gasteiger partial charge in [0.25, 0.3) is 0 Å². The SMILES string of the molecule is CCCCC/C=C\C/C=C\CCCCCCCC(=O)OCC(COC(=O)CCCCCCCCCCCCCCCC)OC(=O)CCCCCCCCCCCCCCCCC. The van der Waals surface area contributed by atoms with E-state index in [0.29, 0.717) is 19.3 Å². The minimum Gasteiger partial charge on any atom is -0.462 e. The highest BCUT2D eigenvalue weighted by Crippen LogP contribution is 2.16. The summed E-state index contributed by atoms with van der Waals surface area (Å²) in [5.41, 5.74) is 0. The average molecular weight is 873 g/mol. The van der Waals surface area contributed by atoms with Crippen molar-refractivity contribution in [2.75, 3.05) is 13.2 Å². The quantitative estimate of drug-likeness (QED) is 0.0262. The molecule has 1 unspecified atom stereocenters. The van der Waals surface area contributed by atoms with Gasteiger partial charge in [0.2, 0.25) is 0 Å². The maximum atomic E-state index is 12.8. The van der Waals surface area contributed by atoms with Gasteiger partial charge in [-0.25, -0.2) is 0 Å². The van der Waals surface area contributed by atoms with Crippen LogP contribution in [0, 0.1) is 0 Å². The molecule has 6 heteroatoms. The van der Waals surface area contributed by atoms with E-state index in [9.17, 15) is 14.4 Å². The first-order chi connectivity index (χ1) is 30.5. The average Bonchev–Trinajstić information content (AvgIpc) is 3.27. The van der Waals surface area contributed by atoms with Gasteiger partial charge in [0.15, 0.2) is 6.10 Å². The topological polar surface area (TPSA) is 78.9 Å². The third-order valence-electron chi connectivity index (χ3n) is 12.2. The van der Waals surface area contributed by atoms with Gasteiger partial charge in [0.05, 0.1) is 0 Å². The minimum absolute atomic E-state index is 0.0704. The van der Waals surface area contributed by atoms with Crippen molar-refractivity contribution < 1.29 is 28.6 Å². The van der Waals surface area contributed by atoms with Crippen molar-refractivity contribution in [2.45, 2.75) is 303 Å². The number of ether oxygens (including phenoxy) is 3. The van der Waals surface area contributed by atoms with Crippen molar-refractivity contribution >= 4 is 17.9 Å². The van der Waals surface area contributed by atoms with Crippen LogP contribution in [0.2, 0.25) is 0 Å². The molecular formula is C56H104O6. The van der Waals surface area contributed by atoms with E-state index in [-0.39, 0.29) is 31.1 Å². The molecule has 364 valence electrons. The van der Waals surface area contributed by atoms with Crippen molar-refractivity contribution in [3.8, 4) is 0 Å². The molecule has 0 aromatic carbocycles. The van der Waals surface area contributed by atoms with Crippen LogP contribution in [-0.4, -0.2) is 37.2 Å². The molecule has 0 fully saturated rings. The van der Waals surface area contributed by atoms with E-state index in [2.05, 4.69) is 45.1 Å². The summed E-state index contributed by atoms with van der Waals surface area (Å²) >= 11 is 0. The maximum absolute atomic E-state index is 12.8. The predicted molar refractivity (Wildman–Crippen MR) is 266 cm³/mol. The first-order valence-electron chi connectivity index (χ1n) is 27.3. The molecule has 0 saturated heterocycles. The van der Waals surface area contributed by atoms with E-state index in [1.54, 1.807) is 0 Å². The Hall–Kier alpha value is -2.11. The van der Waals surface area contributed by atoms with E-state index >= 15 is 0 Å². The zero-order valence-corrected chi connectivity index (χ0v) is 41.7. The lowest BCUT2D eigenvalue weighted by Crippen LogP contribution is -2.30. The first-order valence-corrected chi connectivity index (χ1v) is 27.3. The van der Waals surface area contributed by atoms with E-state index in [1.165, 1.54) is 180 Å². The molecule has 0 saturated carbocycles. The summed E-state index contributed by atoms with van der Waals surface area (Å²) in [5, 5.41) is 0. The molecule has 1 atom stereocenters. The molecule has 0 bridgehead atoms. The molecular weight excluding hydrogens is 769 g/mol. The summed E-state index contributed by atoms with van der Waals surface area (Å²) in [6, 6.07) is 0. The number of unbranched alkanes of at least 4 members (excludes halogenated alkanes) is 35. The second-order valence-corrected chi connectivity index (χ2v) is 18.5. The molecule has 0 radical (unpaired) electrons. The number of carbonyl (C=O) groups is 3. The zero-order chi connectivity index (χ0) is 45.1. The molecule has 0 aliphatic rings. The van der Waals surface area contributed by atoms with Crippen molar-refractivity contribution in [3.05, 3.63) is 24.3 Å². The fourth-order valence-corrected chi connectivity index (χ4v) is 8.06. The van der Waals surface area contributed by atoms with E-state index in [0.717, 1.165) is 77.0 Å². The third kappa shape index (κ3) is 48.9. The lowest BCUT2D eigenvalue weighted by molar-refractivity contribution is -0.167. The lowest BCUT2D eigenvalue weighted by Gasteiger charge is -2.18. The highest BCUT2D eigenvalue weighted by atomic mass is 16.6. The number of carbonyl (C=O) groups excluding carboxylic acids is 3. The van der Waals surface area contributed by atoms with Gasteiger partial charge in [-0.15, -0.1) is 0 Å². The number of rotatable bonds is 50. The summed E-state index contributed by atoms with van der Waals surface area (Å²) < 4.78 is 16.8. The maximum Gasteiger partial charge on any atom is 0.306 e. The Morgan fingerprint density at radius 1 is 0.323 bits per heavy atom. The summed E-state index contributed by atoms with van der Waals surface area (Å²) in [6.45, 7) is 6.64. The molecule has 0 aliphatic heterocycles. The molecule has 62 heavy (non-hydrogen) atoms. The number of hydrogen-bond acceptors (Lipinski definition) is 6. The Labute approximate surface area is 385 Å². The molecule has 0 rings (SSSR count). The molecule has 0 aliphatic carbocycles. The molecule has 0 amide bonds. The standard InChI is InChI=1S/C56H104O6/c1-4-7-10-13-16-19-22-25-28-31-34-37-40-43-46-49-55(58)61-52-53(51-60-54(57)48-45-42-39-36-33-30-27-24-21-18-15-12-9-6-3)62-56(59)50-47-44-41-38-35-32-29-26-23-20-17-14-11-8-5-2/h16,19,25,28,53H,4-15,17-18,20-24,26-27,29-52H2,1-3H3/b19-16-,28-25-.